The Hall–Kier alpha value is -3.97. The van der Waals surface area contributed by atoms with E-state index in [-0.39, 0.29) is 23.5 Å². The molecule has 3 rings (SSSR count). The number of ketones is 2. The molecule has 3 aromatic carbocycles. The summed E-state index contributed by atoms with van der Waals surface area (Å²) in [5.41, 5.74) is 2.53. The zero-order valence-electron chi connectivity index (χ0n) is 23.1. The minimum absolute atomic E-state index is 0.00273. The highest BCUT2D eigenvalue weighted by Gasteiger charge is 2.23. The number of methoxy groups -OCH3 is 1. The average Bonchev–Trinajstić information content (AvgIpc) is 2.97. The minimum atomic E-state index is -0.694. The van der Waals surface area contributed by atoms with E-state index < -0.39 is 12.0 Å². The third kappa shape index (κ3) is 8.52. The van der Waals surface area contributed by atoms with Crippen LogP contribution in [-0.4, -0.2) is 49.9 Å². The standard InChI is InChI=1S/C32H38N2O5/c1-5-27(30(35)22(2)3)33-19-20-39-25-17-15-23(16-18-25)21-29(32(37)38-4)34-28-14-10-9-13-26(28)31(36)24-11-7-6-8-12-24/h6-18,22,27,29,33-34H,5,19-21H2,1-4H3. The third-order valence-electron chi connectivity index (χ3n) is 6.47. The van der Waals surface area contributed by atoms with Crippen LogP contribution >= 0.6 is 0 Å². The highest BCUT2D eigenvalue weighted by molar-refractivity contribution is 6.12. The molecule has 0 aliphatic rings. The topological polar surface area (TPSA) is 93.7 Å². The second kappa shape index (κ2) is 14.8. The summed E-state index contributed by atoms with van der Waals surface area (Å²) in [5, 5.41) is 6.49. The van der Waals surface area contributed by atoms with Gasteiger partial charge in [-0.2, -0.15) is 0 Å². The van der Waals surface area contributed by atoms with Crippen molar-refractivity contribution in [3.05, 3.63) is 95.6 Å². The number of nitrogens with one attached hydrogen (secondary N) is 2. The van der Waals surface area contributed by atoms with Gasteiger partial charge < -0.3 is 20.1 Å². The van der Waals surface area contributed by atoms with Crippen molar-refractivity contribution in [3.63, 3.8) is 0 Å². The quantitative estimate of drug-likeness (QED) is 0.161. The summed E-state index contributed by atoms with van der Waals surface area (Å²) in [6.07, 6.45) is 1.10. The molecule has 0 bridgehead atoms. The molecule has 39 heavy (non-hydrogen) atoms. The number of Topliss-reactive ketones (excluding diaryl/α,β-unsaturated/α-hetero) is 1. The van der Waals surface area contributed by atoms with Gasteiger partial charge in [0.05, 0.1) is 13.2 Å². The van der Waals surface area contributed by atoms with E-state index in [1.165, 1.54) is 7.11 Å². The second-order valence-electron chi connectivity index (χ2n) is 9.63. The van der Waals surface area contributed by atoms with Gasteiger partial charge in [0.2, 0.25) is 0 Å². The molecule has 0 saturated carbocycles. The number of carbonyl (C=O) groups excluding carboxylic acids is 3. The average molecular weight is 531 g/mol. The van der Waals surface area contributed by atoms with Gasteiger partial charge in [-0.25, -0.2) is 4.79 Å². The highest BCUT2D eigenvalue weighted by atomic mass is 16.5. The first-order valence-electron chi connectivity index (χ1n) is 13.4. The predicted octanol–water partition coefficient (Wildman–Crippen LogP) is 5.09. The Morgan fingerprint density at radius 2 is 1.51 bits per heavy atom. The zero-order chi connectivity index (χ0) is 28.2. The number of benzene rings is 3. The molecule has 7 nitrogen and oxygen atoms in total. The van der Waals surface area contributed by atoms with Gasteiger partial charge in [0, 0.05) is 35.7 Å². The van der Waals surface area contributed by atoms with Crippen LogP contribution < -0.4 is 15.4 Å². The maximum absolute atomic E-state index is 13.1. The lowest BCUT2D eigenvalue weighted by atomic mass is 10.00. The molecule has 7 heteroatoms. The van der Waals surface area contributed by atoms with Gasteiger partial charge in [-0.1, -0.05) is 75.4 Å². The van der Waals surface area contributed by atoms with E-state index in [4.69, 9.17) is 9.47 Å². The number of esters is 1. The van der Waals surface area contributed by atoms with Crippen LogP contribution in [0.25, 0.3) is 0 Å². The molecule has 0 fully saturated rings. The summed E-state index contributed by atoms with van der Waals surface area (Å²) in [6.45, 7) is 6.81. The first-order chi connectivity index (χ1) is 18.8. The first kappa shape index (κ1) is 29.6. The van der Waals surface area contributed by atoms with Crippen LogP contribution in [0.4, 0.5) is 5.69 Å². The second-order valence-corrected chi connectivity index (χ2v) is 9.63. The van der Waals surface area contributed by atoms with Crippen molar-refractivity contribution < 1.29 is 23.9 Å². The largest absolute Gasteiger partial charge is 0.492 e. The van der Waals surface area contributed by atoms with E-state index >= 15 is 0 Å². The molecule has 2 atom stereocenters. The lowest BCUT2D eigenvalue weighted by Crippen LogP contribution is -2.40. The molecule has 0 spiro atoms. The van der Waals surface area contributed by atoms with Gasteiger partial charge in [-0.15, -0.1) is 0 Å². The third-order valence-corrected chi connectivity index (χ3v) is 6.47. The van der Waals surface area contributed by atoms with Gasteiger partial charge in [0.15, 0.2) is 11.6 Å². The molecule has 0 aliphatic heterocycles. The SMILES string of the molecule is CCC(NCCOc1ccc(CC(Nc2ccccc2C(=O)c2ccccc2)C(=O)OC)cc1)C(=O)C(C)C. The van der Waals surface area contributed by atoms with E-state index in [0.29, 0.717) is 42.1 Å². The van der Waals surface area contributed by atoms with Crippen LogP contribution in [0.15, 0.2) is 78.9 Å². The van der Waals surface area contributed by atoms with Crippen LogP contribution in [0.5, 0.6) is 5.75 Å². The molecule has 0 heterocycles. The Bertz CT molecular complexity index is 1220. The molecule has 2 N–H and O–H groups in total. The van der Waals surface area contributed by atoms with E-state index in [1.807, 2.05) is 69.3 Å². The molecule has 0 radical (unpaired) electrons. The van der Waals surface area contributed by atoms with Crippen molar-refractivity contribution in [3.8, 4) is 5.75 Å². The molecule has 3 aromatic rings. The molecule has 0 aliphatic carbocycles. The Morgan fingerprint density at radius 1 is 0.846 bits per heavy atom. The van der Waals surface area contributed by atoms with Crippen molar-refractivity contribution in [2.45, 2.75) is 45.7 Å². The van der Waals surface area contributed by atoms with Gasteiger partial charge in [-0.3, -0.25) is 9.59 Å². The summed E-state index contributed by atoms with van der Waals surface area (Å²) in [7, 11) is 1.35. The highest BCUT2D eigenvalue weighted by Crippen LogP contribution is 2.22. The summed E-state index contributed by atoms with van der Waals surface area (Å²) in [4.78, 5) is 38.0. The lowest BCUT2D eigenvalue weighted by molar-refractivity contribution is -0.141. The molecule has 0 aromatic heterocycles. The maximum atomic E-state index is 13.1. The fourth-order valence-electron chi connectivity index (χ4n) is 4.28. The van der Waals surface area contributed by atoms with Crippen LogP contribution in [0.2, 0.25) is 0 Å². The summed E-state index contributed by atoms with van der Waals surface area (Å²) < 4.78 is 10.9. The number of rotatable bonds is 15. The number of ether oxygens (including phenoxy) is 2. The molecule has 0 saturated heterocycles. The molecular weight excluding hydrogens is 492 g/mol. The Morgan fingerprint density at radius 3 is 2.15 bits per heavy atom. The fraction of sp³-hybridized carbons (Fsp3) is 0.344. The molecule has 2 unspecified atom stereocenters. The van der Waals surface area contributed by atoms with Crippen molar-refractivity contribution in [1.82, 2.24) is 5.32 Å². The number of carbonyl (C=O) groups is 3. The molecule has 0 amide bonds. The maximum Gasteiger partial charge on any atom is 0.328 e. The van der Waals surface area contributed by atoms with Gasteiger partial charge in [0.25, 0.3) is 0 Å². The van der Waals surface area contributed by atoms with Crippen molar-refractivity contribution in [2.24, 2.45) is 5.92 Å². The van der Waals surface area contributed by atoms with E-state index in [1.54, 1.807) is 30.3 Å². The summed E-state index contributed by atoms with van der Waals surface area (Å²) in [5.74, 6) is 0.354. The number of hydrogen-bond acceptors (Lipinski definition) is 7. The minimum Gasteiger partial charge on any atom is -0.492 e. The molecule has 206 valence electrons. The van der Waals surface area contributed by atoms with Gasteiger partial charge >= 0.3 is 5.97 Å². The van der Waals surface area contributed by atoms with Crippen molar-refractivity contribution in [2.75, 3.05) is 25.6 Å². The van der Waals surface area contributed by atoms with E-state index in [2.05, 4.69) is 10.6 Å². The monoisotopic (exact) mass is 530 g/mol. The van der Waals surface area contributed by atoms with E-state index in [9.17, 15) is 14.4 Å². The Labute approximate surface area is 230 Å². The van der Waals surface area contributed by atoms with E-state index in [0.717, 1.165) is 12.0 Å². The lowest BCUT2D eigenvalue weighted by Gasteiger charge is -2.20. The van der Waals surface area contributed by atoms with Crippen LogP contribution in [0, 0.1) is 5.92 Å². The number of hydrogen-bond donors (Lipinski definition) is 2. The number of para-hydroxylation sites is 1. The van der Waals surface area contributed by atoms with Crippen LogP contribution in [0.1, 0.15) is 48.7 Å². The smallest absolute Gasteiger partial charge is 0.328 e. The van der Waals surface area contributed by atoms with Crippen molar-refractivity contribution in [1.29, 1.82) is 0 Å². The summed E-state index contributed by atoms with van der Waals surface area (Å²) >= 11 is 0. The first-order valence-corrected chi connectivity index (χ1v) is 13.4. The van der Waals surface area contributed by atoms with Gasteiger partial charge in [0.1, 0.15) is 18.4 Å². The Balaban J connectivity index is 1.62. The van der Waals surface area contributed by atoms with Crippen LogP contribution in [0.3, 0.4) is 0 Å². The van der Waals surface area contributed by atoms with Crippen LogP contribution in [-0.2, 0) is 20.7 Å². The van der Waals surface area contributed by atoms with Gasteiger partial charge in [-0.05, 0) is 36.2 Å². The zero-order valence-corrected chi connectivity index (χ0v) is 23.1. The Kier molecular flexibility index (Phi) is 11.3. The molecular formula is C32H38N2O5. The number of anilines is 1. The normalized spacial score (nSPS) is 12.4. The van der Waals surface area contributed by atoms with Crippen molar-refractivity contribution >= 4 is 23.2 Å². The fourth-order valence-corrected chi connectivity index (χ4v) is 4.28. The predicted molar refractivity (Wildman–Crippen MR) is 153 cm³/mol. The summed E-state index contributed by atoms with van der Waals surface area (Å²) in [6, 6.07) is 22.8.